The predicted octanol–water partition coefficient (Wildman–Crippen LogP) is 0.635. The third kappa shape index (κ3) is 10.2. The van der Waals surface area contributed by atoms with E-state index in [0.717, 1.165) is 12.8 Å². The van der Waals surface area contributed by atoms with Crippen molar-refractivity contribution in [3.05, 3.63) is 49.0 Å². The van der Waals surface area contributed by atoms with E-state index in [2.05, 4.69) is 22.5 Å². The number of allylic oxidation sites excluding steroid dienone is 6. The van der Waals surface area contributed by atoms with Gasteiger partial charge in [-0.15, -0.1) is 0 Å². The molecule has 0 aromatic heterocycles. The zero-order valence-electron chi connectivity index (χ0n) is 10.9. The largest absolute Gasteiger partial charge is 0.556 e. The van der Waals surface area contributed by atoms with Gasteiger partial charge in [0.15, 0.2) is 7.17 Å². The summed E-state index contributed by atoms with van der Waals surface area (Å²) >= 11 is 0. The summed E-state index contributed by atoms with van der Waals surface area (Å²) in [5.41, 5.74) is 0.722. The van der Waals surface area contributed by atoms with Gasteiger partial charge in [0, 0.05) is 5.90 Å². The lowest BCUT2D eigenvalue weighted by atomic mass is 9.45. The molecule has 9 heteroatoms. The van der Waals surface area contributed by atoms with Crippen LogP contribution in [0.2, 0.25) is 0 Å². The van der Waals surface area contributed by atoms with E-state index in [9.17, 15) is 9.59 Å². The number of hydrogen-bond acceptors (Lipinski definition) is 4. The molecule has 0 heterocycles. The van der Waals surface area contributed by atoms with Crippen LogP contribution in [-0.4, -0.2) is 55.2 Å². The molecule has 0 N–H and O–H groups in total. The summed E-state index contributed by atoms with van der Waals surface area (Å²) in [7, 11) is 13.2. The number of carbonyl (C=O) groups is 2. The van der Waals surface area contributed by atoms with Gasteiger partial charge in [-0.2, -0.15) is 0 Å². The maximum Gasteiger partial charge on any atom is 0.402 e. The zero-order valence-corrected chi connectivity index (χ0v) is 10.9. The van der Waals surface area contributed by atoms with E-state index >= 15 is 0 Å². The molecule has 20 heavy (non-hydrogen) atoms. The first-order chi connectivity index (χ1) is 9.49. The Hall–Kier alpha value is -1.78. The van der Waals surface area contributed by atoms with E-state index in [1.807, 2.05) is 0 Å². The lowest BCUT2D eigenvalue weighted by molar-refractivity contribution is 0.181. The van der Waals surface area contributed by atoms with E-state index < -0.39 is 17.6 Å². The maximum atomic E-state index is 11.2. The molecular weight excluding hydrogens is 250 g/mol. The van der Waals surface area contributed by atoms with E-state index in [1.54, 1.807) is 30.4 Å². The van der Waals surface area contributed by atoms with Crippen molar-refractivity contribution in [2.75, 3.05) is 0 Å². The molecule has 0 atom stereocenters. The van der Waals surface area contributed by atoms with E-state index in [4.69, 9.17) is 15.7 Å². The summed E-state index contributed by atoms with van der Waals surface area (Å²) in [5.74, 6) is -3.17. The zero-order chi connectivity index (χ0) is 15.4. The van der Waals surface area contributed by atoms with Gasteiger partial charge in [-0.25, -0.2) is 0 Å². The minimum absolute atomic E-state index is 0.591. The standard InChI is InChI=1S/C11H10B5O4/c1-3-5-7-8(6-4-2)15-16-20-11(18)14-10(17)19-9(12)13/h3-7,9H,1-2H2/b7-5-,8-6+. The van der Waals surface area contributed by atoms with Crippen LogP contribution in [0.5, 0.6) is 0 Å². The number of rotatable bonds is 9. The number of hydrogen-bond donors (Lipinski definition) is 0. The molecule has 0 aromatic carbocycles. The third-order valence-corrected chi connectivity index (χ3v) is 1.67. The quantitative estimate of drug-likeness (QED) is 0.451. The Morgan fingerprint density at radius 1 is 1.15 bits per heavy atom. The Morgan fingerprint density at radius 2 is 1.85 bits per heavy atom. The van der Waals surface area contributed by atoms with Crippen LogP contribution in [-0.2, 0) is 9.39 Å². The van der Waals surface area contributed by atoms with E-state index in [-0.39, 0.29) is 0 Å². The van der Waals surface area contributed by atoms with Gasteiger partial charge in [0.25, 0.3) is 5.87 Å². The molecule has 0 aliphatic carbocycles. The molecule has 0 unspecified atom stereocenters. The van der Waals surface area contributed by atoms with E-state index in [1.165, 1.54) is 7.17 Å². The molecule has 0 bridgehead atoms. The van der Waals surface area contributed by atoms with Crippen LogP contribution >= 0.6 is 0 Å². The smallest absolute Gasteiger partial charge is 0.402 e. The highest BCUT2D eigenvalue weighted by Crippen LogP contribution is 1.96. The Balaban J connectivity index is 4.09. The molecule has 0 aliphatic heterocycles. The van der Waals surface area contributed by atoms with Crippen molar-refractivity contribution in [2.45, 2.75) is 5.90 Å². The third-order valence-electron chi connectivity index (χ3n) is 1.67. The van der Waals surface area contributed by atoms with Crippen LogP contribution in [0.1, 0.15) is 0 Å². The molecule has 7 radical (unpaired) electrons. The van der Waals surface area contributed by atoms with Crippen molar-refractivity contribution in [2.24, 2.45) is 0 Å². The van der Waals surface area contributed by atoms with Crippen molar-refractivity contribution in [3.8, 4) is 0 Å². The van der Waals surface area contributed by atoms with Gasteiger partial charge >= 0.3 is 14.7 Å². The first-order valence-corrected chi connectivity index (χ1v) is 5.55. The van der Waals surface area contributed by atoms with E-state index in [0.29, 0.717) is 7.28 Å². The van der Waals surface area contributed by atoms with Gasteiger partial charge in [0.05, 0.1) is 0 Å². The second-order valence-corrected chi connectivity index (χ2v) is 3.28. The van der Waals surface area contributed by atoms with Crippen molar-refractivity contribution in [1.29, 1.82) is 0 Å². The molecule has 0 spiro atoms. The van der Waals surface area contributed by atoms with Gasteiger partial charge in [0.2, 0.25) is 5.87 Å². The lowest BCUT2D eigenvalue weighted by Crippen LogP contribution is -2.28. The average molecular weight is 260 g/mol. The van der Waals surface area contributed by atoms with Crippen molar-refractivity contribution in [3.63, 3.8) is 0 Å². The average Bonchev–Trinajstić information content (AvgIpc) is 2.34. The summed E-state index contributed by atoms with van der Waals surface area (Å²) in [5, 5.41) is 0. The molecule has 4 nitrogen and oxygen atoms in total. The second-order valence-electron chi connectivity index (χ2n) is 3.28. The molecule has 0 aromatic rings. The molecule has 0 rings (SSSR count). The molecule has 0 saturated carbocycles. The first-order valence-electron chi connectivity index (χ1n) is 5.55. The van der Waals surface area contributed by atoms with Crippen molar-refractivity contribution < 1.29 is 19.0 Å². The highest BCUT2D eigenvalue weighted by atomic mass is 16.5. The fourth-order valence-corrected chi connectivity index (χ4v) is 0.960. The predicted molar refractivity (Wildman–Crippen MR) is 83.1 cm³/mol. The summed E-state index contributed by atoms with van der Waals surface area (Å²) in [6, 6.07) is 0. The monoisotopic (exact) mass is 261 g/mol. The fraction of sp³-hybridized carbons (Fsp3) is 0.0909. The molecular formula is C11H10B5O4. The van der Waals surface area contributed by atoms with Crippen LogP contribution in [0.3, 0.4) is 0 Å². The Bertz CT molecular complexity index is 417. The second kappa shape index (κ2) is 11.1. The minimum atomic E-state index is -1.28. The Labute approximate surface area is 123 Å². The van der Waals surface area contributed by atoms with Gasteiger partial charge in [-0.3, -0.25) is 9.59 Å². The van der Waals surface area contributed by atoms with Crippen molar-refractivity contribution in [1.82, 2.24) is 0 Å². The lowest BCUT2D eigenvalue weighted by Gasteiger charge is -2.08. The number of ether oxygens (including phenoxy) is 1. The molecule has 0 saturated heterocycles. The maximum absolute atomic E-state index is 11.2. The highest BCUT2D eigenvalue weighted by Gasteiger charge is 2.17. The van der Waals surface area contributed by atoms with Crippen LogP contribution < -0.4 is 0 Å². The Kier molecular flexibility index (Phi) is 10.1. The summed E-state index contributed by atoms with van der Waals surface area (Å²) in [6.07, 6.45) is 8.28. The van der Waals surface area contributed by atoms with Crippen molar-refractivity contribution >= 4 is 49.3 Å². The normalized spacial score (nSPS) is 10.8. The topological polar surface area (TPSA) is 52.6 Å². The van der Waals surface area contributed by atoms with Crippen LogP contribution in [0.4, 0.5) is 9.59 Å². The fourth-order valence-electron chi connectivity index (χ4n) is 0.960. The minimum Gasteiger partial charge on any atom is -0.556 e. The Morgan fingerprint density at radius 3 is 2.40 bits per heavy atom. The first kappa shape index (κ1) is 18.2. The van der Waals surface area contributed by atoms with Gasteiger partial charge in [-0.1, -0.05) is 49.0 Å². The molecule has 0 fully saturated rings. The van der Waals surface area contributed by atoms with Crippen LogP contribution in [0, 0.1) is 0 Å². The SMILES string of the molecule is [B]C([B])OC(=O)[B]C(=O)O[B][B]C(/C=C\C=C)=C/C=C. The molecule has 0 amide bonds. The van der Waals surface area contributed by atoms with Crippen LogP contribution in [0.15, 0.2) is 49.0 Å². The highest BCUT2D eigenvalue weighted by molar-refractivity contribution is 7.04. The summed E-state index contributed by atoms with van der Waals surface area (Å²) in [6.45, 7) is 7.08. The van der Waals surface area contributed by atoms with Gasteiger partial charge in [-0.05, 0) is 0 Å². The summed E-state index contributed by atoms with van der Waals surface area (Å²) in [4.78, 5) is 22.2. The van der Waals surface area contributed by atoms with Gasteiger partial charge < -0.3 is 9.39 Å². The van der Waals surface area contributed by atoms with Gasteiger partial charge in [0.1, 0.15) is 15.7 Å². The summed E-state index contributed by atoms with van der Waals surface area (Å²) < 4.78 is 8.99. The molecule has 93 valence electrons. The van der Waals surface area contributed by atoms with Crippen LogP contribution in [0.25, 0.3) is 0 Å². The molecule has 0 aliphatic rings. The number of carbonyl (C=O) groups excluding carboxylic acids is 2.